The number of ether oxygens (including phenoxy) is 1. The molecule has 0 radical (unpaired) electrons. The molecule has 0 spiro atoms. The number of hydrogen-bond acceptors (Lipinski definition) is 6. The zero-order valence-electron chi connectivity index (χ0n) is 12.8. The number of aromatic nitrogens is 3. The first-order chi connectivity index (χ1) is 9.58. The lowest BCUT2D eigenvalue weighted by Gasteiger charge is -2.12. The molecule has 1 aliphatic carbocycles. The van der Waals surface area contributed by atoms with Crippen molar-refractivity contribution < 1.29 is 4.74 Å². The van der Waals surface area contributed by atoms with Crippen LogP contribution in [-0.4, -0.2) is 34.1 Å². The SMILES string of the molecule is CCCNc1nc(NCC2CC2C)nc(OC(C)C)n1. The van der Waals surface area contributed by atoms with E-state index in [1.165, 1.54) is 6.42 Å². The molecule has 1 aromatic heterocycles. The molecular formula is C14H25N5O. The van der Waals surface area contributed by atoms with Gasteiger partial charge in [0, 0.05) is 13.1 Å². The van der Waals surface area contributed by atoms with Gasteiger partial charge in [0.15, 0.2) is 0 Å². The number of hydrogen-bond donors (Lipinski definition) is 2. The number of nitrogens with zero attached hydrogens (tertiary/aromatic N) is 3. The maximum atomic E-state index is 5.58. The van der Waals surface area contributed by atoms with Gasteiger partial charge in [0.1, 0.15) is 0 Å². The number of rotatable bonds is 8. The first-order valence-electron chi connectivity index (χ1n) is 7.49. The minimum atomic E-state index is 0.0488. The molecule has 1 aromatic rings. The normalized spacial score (nSPS) is 20.9. The fraction of sp³-hybridized carbons (Fsp3) is 0.786. The van der Waals surface area contributed by atoms with Gasteiger partial charge in [-0.2, -0.15) is 15.0 Å². The van der Waals surface area contributed by atoms with Gasteiger partial charge in [0.2, 0.25) is 11.9 Å². The lowest BCUT2D eigenvalue weighted by Crippen LogP contribution is -2.15. The molecule has 0 amide bonds. The maximum Gasteiger partial charge on any atom is 0.323 e. The molecule has 1 fully saturated rings. The summed E-state index contributed by atoms with van der Waals surface area (Å²) in [5.74, 6) is 2.72. The average Bonchev–Trinajstić information content (AvgIpc) is 3.09. The second-order valence-corrected chi connectivity index (χ2v) is 5.71. The Labute approximate surface area is 120 Å². The standard InChI is InChI=1S/C14H25N5O/c1-5-6-15-12-17-13(16-8-11-7-10(11)4)19-14(18-12)20-9(2)3/h9-11H,5-8H2,1-4H3,(H2,15,16,17,18,19). The van der Waals surface area contributed by atoms with Gasteiger partial charge in [0.05, 0.1) is 6.10 Å². The maximum absolute atomic E-state index is 5.58. The molecule has 0 aliphatic heterocycles. The highest BCUT2D eigenvalue weighted by Gasteiger charge is 2.32. The van der Waals surface area contributed by atoms with Crippen molar-refractivity contribution in [2.75, 3.05) is 23.7 Å². The molecule has 1 heterocycles. The minimum absolute atomic E-state index is 0.0488. The third kappa shape index (κ3) is 4.51. The van der Waals surface area contributed by atoms with Crippen molar-refractivity contribution in [1.29, 1.82) is 0 Å². The van der Waals surface area contributed by atoms with Crippen molar-refractivity contribution in [3.63, 3.8) is 0 Å². The van der Waals surface area contributed by atoms with Crippen molar-refractivity contribution in [3.05, 3.63) is 0 Å². The van der Waals surface area contributed by atoms with Gasteiger partial charge in [-0.05, 0) is 38.5 Å². The summed E-state index contributed by atoms with van der Waals surface area (Å²) in [4.78, 5) is 13.0. The minimum Gasteiger partial charge on any atom is -0.461 e. The molecule has 20 heavy (non-hydrogen) atoms. The largest absolute Gasteiger partial charge is 0.461 e. The predicted octanol–water partition coefficient (Wildman–Crippen LogP) is 2.55. The zero-order valence-corrected chi connectivity index (χ0v) is 12.8. The Hall–Kier alpha value is -1.59. The van der Waals surface area contributed by atoms with E-state index >= 15 is 0 Å². The van der Waals surface area contributed by atoms with E-state index in [4.69, 9.17) is 4.74 Å². The second kappa shape index (κ2) is 6.72. The highest BCUT2D eigenvalue weighted by Crippen LogP contribution is 2.37. The van der Waals surface area contributed by atoms with Crippen LogP contribution in [0.1, 0.15) is 40.5 Å². The number of nitrogens with one attached hydrogen (secondary N) is 2. The Balaban J connectivity index is 2.02. The fourth-order valence-electron chi connectivity index (χ4n) is 1.92. The van der Waals surface area contributed by atoms with Crippen LogP contribution >= 0.6 is 0 Å². The molecule has 1 saturated carbocycles. The molecule has 0 aromatic carbocycles. The fourth-order valence-corrected chi connectivity index (χ4v) is 1.92. The lowest BCUT2D eigenvalue weighted by atomic mass is 10.3. The van der Waals surface area contributed by atoms with Gasteiger partial charge in [-0.3, -0.25) is 0 Å². The van der Waals surface area contributed by atoms with Crippen LogP contribution < -0.4 is 15.4 Å². The Bertz CT molecular complexity index is 438. The molecule has 2 atom stereocenters. The van der Waals surface area contributed by atoms with Crippen LogP contribution in [0.5, 0.6) is 6.01 Å². The smallest absolute Gasteiger partial charge is 0.323 e. The molecule has 2 rings (SSSR count). The summed E-state index contributed by atoms with van der Waals surface area (Å²) in [6.45, 7) is 10.0. The summed E-state index contributed by atoms with van der Waals surface area (Å²) >= 11 is 0. The third-order valence-corrected chi connectivity index (χ3v) is 3.29. The van der Waals surface area contributed by atoms with Crippen LogP contribution in [0.4, 0.5) is 11.9 Å². The molecule has 0 saturated heterocycles. The first-order valence-corrected chi connectivity index (χ1v) is 7.49. The highest BCUT2D eigenvalue weighted by atomic mass is 16.5. The van der Waals surface area contributed by atoms with Crippen molar-refractivity contribution in [1.82, 2.24) is 15.0 Å². The van der Waals surface area contributed by atoms with E-state index in [0.29, 0.717) is 17.9 Å². The summed E-state index contributed by atoms with van der Waals surface area (Å²) < 4.78 is 5.58. The Kier molecular flexibility index (Phi) is 4.98. The summed E-state index contributed by atoms with van der Waals surface area (Å²) in [6.07, 6.45) is 2.36. The van der Waals surface area contributed by atoms with E-state index in [-0.39, 0.29) is 6.10 Å². The van der Waals surface area contributed by atoms with Crippen molar-refractivity contribution in [2.24, 2.45) is 11.8 Å². The van der Waals surface area contributed by atoms with Crippen LogP contribution in [-0.2, 0) is 0 Å². The quantitative estimate of drug-likeness (QED) is 0.762. The van der Waals surface area contributed by atoms with Crippen molar-refractivity contribution in [2.45, 2.75) is 46.6 Å². The Morgan fingerprint density at radius 2 is 1.85 bits per heavy atom. The van der Waals surface area contributed by atoms with Gasteiger partial charge in [-0.25, -0.2) is 0 Å². The van der Waals surface area contributed by atoms with Crippen LogP contribution in [0, 0.1) is 11.8 Å². The first kappa shape index (κ1) is 14.8. The average molecular weight is 279 g/mol. The Morgan fingerprint density at radius 3 is 2.40 bits per heavy atom. The molecular weight excluding hydrogens is 254 g/mol. The van der Waals surface area contributed by atoms with Crippen molar-refractivity contribution in [3.8, 4) is 6.01 Å². The van der Waals surface area contributed by atoms with Gasteiger partial charge in [-0.1, -0.05) is 13.8 Å². The van der Waals surface area contributed by atoms with Crippen LogP contribution in [0.15, 0.2) is 0 Å². The van der Waals surface area contributed by atoms with E-state index < -0.39 is 0 Å². The summed E-state index contributed by atoms with van der Waals surface area (Å²) in [7, 11) is 0. The topological polar surface area (TPSA) is 72.0 Å². The Morgan fingerprint density at radius 1 is 1.20 bits per heavy atom. The summed E-state index contributed by atoms with van der Waals surface area (Å²) in [5, 5.41) is 6.46. The molecule has 2 unspecified atom stereocenters. The van der Waals surface area contributed by atoms with E-state index in [0.717, 1.165) is 31.3 Å². The van der Waals surface area contributed by atoms with E-state index in [9.17, 15) is 0 Å². The van der Waals surface area contributed by atoms with Crippen molar-refractivity contribution >= 4 is 11.9 Å². The van der Waals surface area contributed by atoms with E-state index in [1.54, 1.807) is 0 Å². The third-order valence-electron chi connectivity index (χ3n) is 3.29. The monoisotopic (exact) mass is 279 g/mol. The van der Waals surface area contributed by atoms with Crippen LogP contribution in [0.25, 0.3) is 0 Å². The molecule has 112 valence electrons. The zero-order chi connectivity index (χ0) is 14.5. The molecule has 6 heteroatoms. The van der Waals surface area contributed by atoms with Gasteiger partial charge in [-0.15, -0.1) is 0 Å². The van der Waals surface area contributed by atoms with Crippen LogP contribution in [0.3, 0.4) is 0 Å². The van der Waals surface area contributed by atoms with E-state index in [2.05, 4.69) is 39.4 Å². The molecule has 2 N–H and O–H groups in total. The van der Waals surface area contributed by atoms with Gasteiger partial charge in [0.25, 0.3) is 0 Å². The van der Waals surface area contributed by atoms with Gasteiger partial charge >= 0.3 is 6.01 Å². The van der Waals surface area contributed by atoms with Gasteiger partial charge < -0.3 is 15.4 Å². The summed E-state index contributed by atoms with van der Waals surface area (Å²) in [6, 6.07) is 0.375. The molecule has 1 aliphatic rings. The van der Waals surface area contributed by atoms with E-state index in [1.807, 2.05) is 13.8 Å². The lowest BCUT2D eigenvalue weighted by molar-refractivity contribution is 0.222. The molecule has 0 bridgehead atoms. The second-order valence-electron chi connectivity index (χ2n) is 5.71. The molecule has 6 nitrogen and oxygen atoms in total. The van der Waals surface area contributed by atoms with Crippen LogP contribution in [0.2, 0.25) is 0 Å². The number of anilines is 2. The predicted molar refractivity (Wildman–Crippen MR) is 80.1 cm³/mol. The highest BCUT2D eigenvalue weighted by molar-refractivity contribution is 5.36. The summed E-state index contributed by atoms with van der Waals surface area (Å²) in [5.41, 5.74) is 0.